The molecule has 1 rings (SSSR count). The van der Waals surface area contributed by atoms with Gasteiger partial charge in [0.25, 0.3) is 10.1 Å². The lowest BCUT2D eigenvalue weighted by molar-refractivity contribution is -0.151. The molecule has 0 heterocycles. The number of benzene rings is 1. The van der Waals surface area contributed by atoms with E-state index in [-0.39, 0.29) is 4.90 Å². The van der Waals surface area contributed by atoms with Crippen LogP contribution in [0.5, 0.6) is 0 Å². The molecule has 0 aliphatic rings. The first kappa shape index (κ1) is 13.7. The van der Waals surface area contributed by atoms with E-state index in [1.54, 1.807) is 19.1 Å². The Morgan fingerprint density at radius 1 is 1.35 bits per heavy atom. The van der Waals surface area contributed by atoms with Crippen LogP contribution in [0.4, 0.5) is 0 Å². The molecule has 0 unspecified atom stereocenters. The maximum Gasteiger partial charge on any atom is 0.336 e. The van der Waals surface area contributed by atoms with Crippen LogP contribution in [0.2, 0.25) is 0 Å². The van der Waals surface area contributed by atoms with Crippen LogP contribution in [-0.4, -0.2) is 25.1 Å². The molecule has 6 heteroatoms. The number of rotatable bonds is 4. The highest BCUT2D eigenvalue weighted by Crippen LogP contribution is 2.21. The van der Waals surface area contributed by atoms with Crippen molar-refractivity contribution in [1.82, 2.24) is 0 Å². The SMILES string of the molecule is Cc1cccc(S(=O)(=O)OC(C)(C)C(=O)O)c1. The molecule has 0 atom stereocenters. The van der Waals surface area contributed by atoms with Crippen molar-refractivity contribution < 1.29 is 22.5 Å². The first-order valence-corrected chi connectivity index (χ1v) is 6.32. The van der Waals surface area contributed by atoms with Crippen molar-refractivity contribution in [2.45, 2.75) is 31.3 Å². The predicted molar refractivity (Wildman–Crippen MR) is 61.2 cm³/mol. The normalized spacial score (nSPS) is 12.4. The Hall–Kier alpha value is -1.40. The Bertz CT molecular complexity index is 531. The third kappa shape index (κ3) is 3.28. The summed E-state index contributed by atoms with van der Waals surface area (Å²) < 4.78 is 28.3. The molecule has 0 bridgehead atoms. The first-order valence-electron chi connectivity index (χ1n) is 4.91. The van der Waals surface area contributed by atoms with E-state index in [0.29, 0.717) is 0 Å². The number of hydrogen-bond acceptors (Lipinski definition) is 4. The Morgan fingerprint density at radius 3 is 2.41 bits per heavy atom. The zero-order valence-corrected chi connectivity index (χ0v) is 10.6. The molecular formula is C11H14O5S. The summed E-state index contributed by atoms with van der Waals surface area (Å²) in [4.78, 5) is 10.8. The van der Waals surface area contributed by atoms with E-state index in [9.17, 15) is 13.2 Å². The number of aryl methyl sites for hydroxylation is 1. The standard InChI is InChI=1S/C11H14O5S/c1-8-5-4-6-9(7-8)17(14,15)16-11(2,3)10(12)13/h4-7H,1-3H3,(H,12,13). The summed E-state index contributed by atoms with van der Waals surface area (Å²) in [6.45, 7) is 4.10. The van der Waals surface area contributed by atoms with Crippen molar-refractivity contribution in [2.75, 3.05) is 0 Å². The van der Waals surface area contributed by atoms with Crippen molar-refractivity contribution in [2.24, 2.45) is 0 Å². The van der Waals surface area contributed by atoms with Crippen molar-refractivity contribution >= 4 is 16.1 Å². The second-order valence-corrected chi connectivity index (χ2v) is 5.72. The fraction of sp³-hybridized carbons (Fsp3) is 0.364. The third-order valence-electron chi connectivity index (χ3n) is 2.11. The van der Waals surface area contributed by atoms with Gasteiger partial charge in [-0.2, -0.15) is 8.42 Å². The van der Waals surface area contributed by atoms with Gasteiger partial charge in [-0.15, -0.1) is 0 Å². The third-order valence-corrected chi connectivity index (χ3v) is 3.58. The van der Waals surface area contributed by atoms with Crippen LogP contribution >= 0.6 is 0 Å². The van der Waals surface area contributed by atoms with Gasteiger partial charge in [0, 0.05) is 0 Å². The Kier molecular flexibility index (Phi) is 3.59. The van der Waals surface area contributed by atoms with E-state index in [2.05, 4.69) is 0 Å². The van der Waals surface area contributed by atoms with Crippen molar-refractivity contribution in [3.8, 4) is 0 Å². The Balaban J connectivity index is 3.10. The number of carbonyl (C=O) groups is 1. The highest BCUT2D eigenvalue weighted by molar-refractivity contribution is 7.86. The van der Waals surface area contributed by atoms with E-state index in [1.165, 1.54) is 26.0 Å². The van der Waals surface area contributed by atoms with E-state index < -0.39 is 21.7 Å². The van der Waals surface area contributed by atoms with Gasteiger partial charge in [0.2, 0.25) is 0 Å². The van der Waals surface area contributed by atoms with Crippen LogP contribution < -0.4 is 0 Å². The van der Waals surface area contributed by atoms with Gasteiger partial charge in [-0.1, -0.05) is 12.1 Å². The maximum atomic E-state index is 11.8. The molecular weight excluding hydrogens is 244 g/mol. The fourth-order valence-corrected chi connectivity index (χ4v) is 2.42. The van der Waals surface area contributed by atoms with E-state index in [4.69, 9.17) is 9.29 Å². The quantitative estimate of drug-likeness (QED) is 0.829. The van der Waals surface area contributed by atoms with Crippen LogP contribution in [0.3, 0.4) is 0 Å². The zero-order valence-electron chi connectivity index (χ0n) is 9.80. The monoisotopic (exact) mass is 258 g/mol. The molecule has 1 aromatic rings. The minimum Gasteiger partial charge on any atom is -0.479 e. The summed E-state index contributed by atoms with van der Waals surface area (Å²) in [5, 5.41) is 8.82. The van der Waals surface area contributed by atoms with Gasteiger partial charge in [-0.25, -0.2) is 8.98 Å². The summed E-state index contributed by atoms with van der Waals surface area (Å²) in [5.74, 6) is -1.34. The molecule has 0 saturated carbocycles. The lowest BCUT2D eigenvalue weighted by Gasteiger charge is -2.19. The Morgan fingerprint density at radius 2 is 1.94 bits per heavy atom. The first-order chi connectivity index (χ1) is 7.65. The minimum absolute atomic E-state index is 0.0492. The molecule has 94 valence electrons. The van der Waals surface area contributed by atoms with Gasteiger partial charge < -0.3 is 5.11 Å². The van der Waals surface area contributed by atoms with Gasteiger partial charge >= 0.3 is 5.97 Å². The number of carboxylic acids is 1. The average Bonchev–Trinajstić information content (AvgIpc) is 2.15. The van der Waals surface area contributed by atoms with Crippen LogP contribution in [-0.2, 0) is 19.1 Å². The highest BCUT2D eigenvalue weighted by atomic mass is 32.2. The minimum atomic E-state index is -4.07. The maximum absolute atomic E-state index is 11.8. The molecule has 17 heavy (non-hydrogen) atoms. The summed E-state index contributed by atoms with van der Waals surface area (Å²) in [6, 6.07) is 6.09. The second-order valence-electron chi connectivity index (χ2n) is 4.17. The van der Waals surface area contributed by atoms with E-state index in [0.717, 1.165) is 5.56 Å². The van der Waals surface area contributed by atoms with Crippen LogP contribution in [0.15, 0.2) is 29.2 Å². The van der Waals surface area contributed by atoms with Gasteiger partial charge in [-0.05, 0) is 38.5 Å². The molecule has 0 aliphatic carbocycles. The molecule has 0 fully saturated rings. The lowest BCUT2D eigenvalue weighted by atomic mass is 10.1. The van der Waals surface area contributed by atoms with Crippen LogP contribution in [0.25, 0.3) is 0 Å². The molecule has 1 aromatic carbocycles. The lowest BCUT2D eigenvalue weighted by Crippen LogP contribution is -2.37. The number of aliphatic carboxylic acids is 1. The van der Waals surface area contributed by atoms with Gasteiger partial charge in [0.15, 0.2) is 5.60 Å². The van der Waals surface area contributed by atoms with E-state index in [1.807, 2.05) is 0 Å². The van der Waals surface area contributed by atoms with Crippen molar-refractivity contribution in [1.29, 1.82) is 0 Å². The summed E-state index contributed by atoms with van der Waals surface area (Å²) in [6.07, 6.45) is 0. The molecule has 0 amide bonds. The highest BCUT2D eigenvalue weighted by Gasteiger charge is 2.35. The summed E-state index contributed by atoms with van der Waals surface area (Å²) >= 11 is 0. The van der Waals surface area contributed by atoms with E-state index >= 15 is 0 Å². The van der Waals surface area contributed by atoms with Crippen LogP contribution in [0.1, 0.15) is 19.4 Å². The second kappa shape index (κ2) is 4.46. The summed E-state index contributed by atoms with van der Waals surface area (Å²) in [7, 11) is -4.07. The average molecular weight is 258 g/mol. The van der Waals surface area contributed by atoms with Crippen molar-refractivity contribution in [3.63, 3.8) is 0 Å². The molecule has 5 nitrogen and oxygen atoms in total. The van der Waals surface area contributed by atoms with Gasteiger partial charge in [-0.3, -0.25) is 0 Å². The molecule has 0 aliphatic heterocycles. The molecule has 1 N–H and O–H groups in total. The molecule has 0 radical (unpaired) electrons. The summed E-state index contributed by atoms with van der Waals surface area (Å²) in [5.41, 5.74) is -1.04. The number of carboxylic acid groups (broad SMARTS) is 1. The molecule has 0 aromatic heterocycles. The van der Waals surface area contributed by atoms with Gasteiger partial charge in [0.1, 0.15) is 0 Å². The predicted octanol–water partition coefficient (Wildman–Crippen LogP) is 1.56. The van der Waals surface area contributed by atoms with Gasteiger partial charge in [0.05, 0.1) is 4.90 Å². The molecule has 0 spiro atoms. The molecule has 0 saturated heterocycles. The van der Waals surface area contributed by atoms with Crippen LogP contribution in [0, 0.1) is 6.92 Å². The topological polar surface area (TPSA) is 80.7 Å². The number of hydrogen-bond donors (Lipinski definition) is 1. The largest absolute Gasteiger partial charge is 0.479 e. The zero-order chi connectivity index (χ0) is 13.3. The van der Waals surface area contributed by atoms with Crippen molar-refractivity contribution in [3.05, 3.63) is 29.8 Å². The Labute approximate surface area is 100 Å². The smallest absolute Gasteiger partial charge is 0.336 e. The fourth-order valence-electron chi connectivity index (χ4n) is 1.13.